The number of thioether (sulfide) groups is 1. The van der Waals surface area contributed by atoms with E-state index in [1.54, 1.807) is 23.0 Å². The van der Waals surface area contributed by atoms with Crippen LogP contribution in [0.3, 0.4) is 0 Å². The molecule has 3 heterocycles. The molecule has 1 spiro atoms. The maximum atomic E-state index is 12.0. The van der Waals surface area contributed by atoms with E-state index in [0.717, 1.165) is 38.1 Å². The first kappa shape index (κ1) is 16.5. The number of sulfonamides is 1. The summed E-state index contributed by atoms with van der Waals surface area (Å²) in [5.41, 5.74) is 0. The predicted molar refractivity (Wildman–Crippen MR) is 86.4 cm³/mol. The van der Waals surface area contributed by atoms with Gasteiger partial charge in [-0.15, -0.1) is 11.8 Å². The summed E-state index contributed by atoms with van der Waals surface area (Å²) in [5.74, 6) is 1.11. The Bertz CT molecular complexity index is 525. The van der Waals surface area contributed by atoms with E-state index in [0.29, 0.717) is 13.1 Å². The molecule has 3 aliphatic heterocycles. The van der Waals surface area contributed by atoms with Crippen molar-refractivity contribution in [2.24, 2.45) is 0 Å². The summed E-state index contributed by atoms with van der Waals surface area (Å²) in [6.07, 6.45) is 3.11. The van der Waals surface area contributed by atoms with Crippen molar-refractivity contribution in [3.8, 4) is 0 Å². The number of amides is 1. The van der Waals surface area contributed by atoms with Gasteiger partial charge < -0.3 is 9.64 Å². The largest absolute Gasteiger partial charge is 0.367 e. The van der Waals surface area contributed by atoms with Crippen molar-refractivity contribution in [1.29, 1.82) is 0 Å². The van der Waals surface area contributed by atoms with E-state index >= 15 is 0 Å². The maximum absolute atomic E-state index is 12.0. The first-order valence-electron chi connectivity index (χ1n) is 7.95. The lowest BCUT2D eigenvalue weighted by Gasteiger charge is -2.46. The van der Waals surface area contributed by atoms with Gasteiger partial charge >= 0.3 is 0 Å². The molecule has 22 heavy (non-hydrogen) atoms. The number of nitrogens with zero attached hydrogens (tertiary/aromatic N) is 2. The van der Waals surface area contributed by atoms with Crippen molar-refractivity contribution in [3.63, 3.8) is 0 Å². The topological polar surface area (TPSA) is 66.9 Å². The average Bonchev–Trinajstić information content (AvgIpc) is 3.12. The van der Waals surface area contributed by atoms with Crippen LogP contribution in [0.15, 0.2) is 0 Å². The summed E-state index contributed by atoms with van der Waals surface area (Å²) in [6, 6.07) is 0. The summed E-state index contributed by atoms with van der Waals surface area (Å²) >= 11 is 1.80. The molecule has 0 bridgehead atoms. The van der Waals surface area contributed by atoms with Crippen LogP contribution in [-0.4, -0.2) is 78.7 Å². The molecule has 8 heteroatoms. The van der Waals surface area contributed by atoms with Gasteiger partial charge in [-0.05, 0) is 26.2 Å². The number of hydrogen-bond acceptors (Lipinski definition) is 5. The van der Waals surface area contributed by atoms with Crippen molar-refractivity contribution >= 4 is 27.7 Å². The molecular weight excluding hydrogens is 324 g/mol. The molecule has 3 rings (SSSR count). The van der Waals surface area contributed by atoms with Crippen molar-refractivity contribution in [2.75, 3.05) is 44.3 Å². The molecule has 0 saturated carbocycles. The number of carbonyl (C=O) groups is 1. The Balaban J connectivity index is 1.43. The predicted octanol–water partition coefficient (Wildman–Crippen LogP) is 0.535. The highest BCUT2D eigenvalue weighted by molar-refractivity contribution is 8.01. The molecule has 0 aromatic heterocycles. The standard InChI is InChI=1S/C14H24N2O4S2/c1-2-22(18,19)16-10-14(11-16)7-12(9-21-14)20-8-13(17)15-5-3-4-6-15/h12H,2-11H2,1H3/t12-/m1/s1. The average molecular weight is 348 g/mol. The van der Waals surface area contributed by atoms with E-state index < -0.39 is 10.0 Å². The van der Waals surface area contributed by atoms with Crippen molar-refractivity contribution in [1.82, 2.24) is 9.21 Å². The molecule has 0 aliphatic carbocycles. The fraction of sp³-hybridized carbons (Fsp3) is 0.929. The number of hydrogen-bond donors (Lipinski definition) is 0. The minimum atomic E-state index is -3.06. The Morgan fingerprint density at radius 2 is 2.00 bits per heavy atom. The fourth-order valence-corrected chi connectivity index (χ4v) is 6.32. The number of likely N-dealkylation sites (tertiary alicyclic amines) is 1. The van der Waals surface area contributed by atoms with Crippen molar-refractivity contribution in [2.45, 2.75) is 37.0 Å². The highest BCUT2D eigenvalue weighted by atomic mass is 32.2. The minimum absolute atomic E-state index is 0.0175. The molecule has 1 atom stereocenters. The first-order valence-corrected chi connectivity index (χ1v) is 10.5. The van der Waals surface area contributed by atoms with E-state index in [-0.39, 0.29) is 29.1 Å². The van der Waals surface area contributed by atoms with E-state index in [1.165, 1.54) is 0 Å². The van der Waals surface area contributed by atoms with Crippen molar-refractivity contribution in [3.05, 3.63) is 0 Å². The van der Waals surface area contributed by atoms with Gasteiger partial charge in [0.05, 0.1) is 11.9 Å². The van der Waals surface area contributed by atoms with Gasteiger partial charge in [0.2, 0.25) is 15.9 Å². The molecule has 3 fully saturated rings. The molecule has 126 valence electrons. The monoisotopic (exact) mass is 348 g/mol. The summed E-state index contributed by atoms with van der Waals surface area (Å²) in [4.78, 5) is 13.8. The zero-order chi connectivity index (χ0) is 15.8. The van der Waals surface area contributed by atoms with Crippen LogP contribution in [0.4, 0.5) is 0 Å². The third-order valence-electron chi connectivity index (χ3n) is 4.76. The molecule has 0 radical (unpaired) electrons. The lowest BCUT2D eigenvalue weighted by molar-refractivity contribution is -0.136. The molecule has 6 nitrogen and oxygen atoms in total. The second-order valence-electron chi connectivity index (χ2n) is 6.39. The molecule has 1 amide bonds. The van der Waals surface area contributed by atoms with Crippen LogP contribution in [0.25, 0.3) is 0 Å². The van der Waals surface area contributed by atoms with Crippen LogP contribution in [0, 0.1) is 0 Å². The van der Waals surface area contributed by atoms with Crippen LogP contribution < -0.4 is 0 Å². The lowest BCUT2D eigenvalue weighted by atomic mass is 9.95. The third-order valence-corrected chi connectivity index (χ3v) is 8.11. The van der Waals surface area contributed by atoms with Gasteiger partial charge in [-0.2, -0.15) is 4.31 Å². The Hall–Kier alpha value is -0.310. The SMILES string of the molecule is CCS(=O)(=O)N1CC2(C[C@@H](OCC(=O)N3CCCC3)CS2)C1. The van der Waals surface area contributed by atoms with Crippen LogP contribution >= 0.6 is 11.8 Å². The second-order valence-corrected chi connectivity index (χ2v) is 10.1. The highest BCUT2D eigenvalue weighted by Crippen LogP contribution is 2.46. The Morgan fingerprint density at radius 3 is 2.64 bits per heavy atom. The van der Waals surface area contributed by atoms with Crippen LogP contribution in [-0.2, 0) is 19.6 Å². The molecule has 0 unspecified atom stereocenters. The molecule has 0 N–H and O–H groups in total. The number of rotatable bonds is 5. The normalized spacial score (nSPS) is 28.2. The highest BCUT2D eigenvalue weighted by Gasteiger charge is 2.52. The van der Waals surface area contributed by atoms with E-state index in [1.807, 2.05) is 4.90 Å². The maximum Gasteiger partial charge on any atom is 0.248 e. The van der Waals surface area contributed by atoms with Crippen LogP contribution in [0.2, 0.25) is 0 Å². The fourth-order valence-electron chi connectivity index (χ4n) is 3.35. The van der Waals surface area contributed by atoms with Gasteiger partial charge in [0.25, 0.3) is 0 Å². The molecule has 0 aromatic carbocycles. The van der Waals surface area contributed by atoms with Gasteiger partial charge in [-0.1, -0.05) is 0 Å². The number of carbonyl (C=O) groups excluding carboxylic acids is 1. The van der Waals surface area contributed by atoms with Crippen molar-refractivity contribution < 1.29 is 17.9 Å². The second kappa shape index (κ2) is 6.30. The van der Waals surface area contributed by atoms with Crippen LogP contribution in [0.5, 0.6) is 0 Å². The first-order chi connectivity index (χ1) is 10.4. The summed E-state index contributed by atoms with van der Waals surface area (Å²) in [5, 5.41) is 0. The molecule has 0 aromatic rings. The summed E-state index contributed by atoms with van der Waals surface area (Å²) in [6.45, 7) is 4.74. The van der Waals surface area contributed by atoms with Gasteiger partial charge in [0.1, 0.15) is 6.61 Å². The van der Waals surface area contributed by atoms with Gasteiger partial charge in [0, 0.05) is 36.7 Å². The lowest BCUT2D eigenvalue weighted by Crippen LogP contribution is -2.60. The number of ether oxygens (including phenoxy) is 1. The van der Waals surface area contributed by atoms with E-state index in [9.17, 15) is 13.2 Å². The van der Waals surface area contributed by atoms with Gasteiger partial charge in [-0.25, -0.2) is 8.42 Å². The smallest absolute Gasteiger partial charge is 0.248 e. The minimum Gasteiger partial charge on any atom is -0.367 e. The Kier molecular flexibility index (Phi) is 4.74. The zero-order valence-electron chi connectivity index (χ0n) is 13.0. The molecule has 3 saturated heterocycles. The van der Waals surface area contributed by atoms with Gasteiger partial charge in [-0.3, -0.25) is 4.79 Å². The van der Waals surface area contributed by atoms with E-state index in [2.05, 4.69) is 0 Å². The van der Waals surface area contributed by atoms with Gasteiger partial charge in [0.15, 0.2) is 0 Å². The van der Waals surface area contributed by atoms with E-state index in [4.69, 9.17) is 4.74 Å². The molecule has 3 aliphatic rings. The quantitative estimate of drug-likeness (QED) is 0.725. The van der Waals surface area contributed by atoms with Crippen LogP contribution in [0.1, 0.15) is 26.2 Å². The zero-order valence-corrected chi connectivity index (χ0v) is 14.6. The molecular formula is C14H24N2O4S2. The third kappa shape index (κ3) is 3.29. The summed E-state index contributed by atoms with van der Waals surface area (Å²) < 4.78 is 31.0. The Morgan fingerprint density at radius 1 is 1.32 bits per heavy atom. The Labute approximate surface area is 136 Å². The summed E-state index contributed by atoms with van der Waals surface area (Å²) in [7, 11) is -3.06.